The number of aromatic hydroxyl groups is 1. The van der Waals surface area contributed by atoms with Gasteiger partial charge < -0.3 is 20.5 Å². The summed E-state index contributed by atoms with van der Waals surface area (Å²) in [7, 11) is -27.8. The van der Waals surface area contributed by atoms with Crippen molar-refractivity contribution < 1.29 is 92.6 Å². The number of thioether (sulfide) groups is 3. The number of aryl methyl sites for hydroxylation is 2. The van der Waals surface area contributed by atoms with E-state index < -0.39 is 116 Å². The van der Waals surface area contributed by atoms with Crippen molar-refractivity contribution in [1.82, 2.24) is 24.3 Å². The number of non-ortho nitro benzene ring substituents is 1. The monoisotopic (exact) mass is 1660 g/mol. The summed E-state index contributed by atoms with van der Waals surface area (Å²) < 4.78 is 209. The molecule has 0 aliphatic carbocycles. The summed E-state index contributed by atoms with van der Waals surface area (Å²) in [6.07, 6.45) is -0.665. The van der Waals surface area contributed by atoms with Crippen LogP contribution in [-0.4, -0.2) is 159 Å². The summed E-state index contributed by atoms with van der Waals surface area (Å²) in [4.78, 5) is 27.4. The molecule has 6 aromatic carbocycles. The van der Waals surface area contributed by atoms with Crippen LogP contribution in [0.1, 0.15) is 47.9 Å². The van der Waals surface area contributed by atoms with Gasteiger partial charge in [0.05, 0.1) is 73.2 Å². The molecule has 3 aromatic heterocycles. The summed E-state index contributed by atoms with van der Waals surface area (Å²) in [6, 6.07) is 24.5. The zero-order valence-corrected chi connectivity index (χ0v) is 63.3. The number of rotatable bonds is 35. The number of imidazole rings is 1. The van der Waals surface area contributed by atoms with Crippen molar-refractivity contribution in [2.24, 2.45) is 40.9 Å². The highest BCUT2D eigenvalue weighted by Crippen LogP contribution is 2.46. The van der Waals surface area contributed by atoms with Crippen LogP contribution < -0.4 is 15.4 Å². The SMILES string of the molecule is Cc1cc(N=Nc2c(C)c(C#N)c3nc4ccccc4n3c2O)c(OCCCS(=O)(=O)O)cc1N=Nc1cc(Nc2nc(Nc3cccc(S(=O)(=O)O)c3)nc(SCCCS(=O)(=O)O)n2)c(N=Nc2cc(C)c(N=Nc3ccc([N+](=O)[O-])cc3S(=O)(=O)O)cc2SCCCS(=O)(=O)O)cc1SCCCS(=O)(=O)O. The third-order valence-corrected chi connectivity index (χ3v) is 22.8. The van der Waals surface area contributed by atoms with Crippen LogP contribution >= 0.6 is 35.3 Å². The molecule has 0 amide bonds. The molecule has 570 valence electrons. The zero-order valence-electron chi connectivity index (χ0n) is 55.9. The number of fused-ring (bicyclic) bond motifs is 3. The highest BCUT2D eigenvalue weighted by molar-refractivity contribution is 8.00. The van der Waals surface area contributed by atoms with Gasteiger partial charge in [-0.15, -0.1) is 54.2 Å². The molecule has 0 fully saturated rings. The minimum atomic E-state index is -5.13. The van der Waals surface area contributed by atoms with Gasteiger partial charge in [0.2, 0.25) is 17.8 Å². The van der Waals surface area contributed by atoms with Gasteiger partial charge >= 0.3 is 0 Å². The van der Waals surface area contributed by atoms with Crippen molar-refractivity contribution in [2.75, 3.05) is 57.5 Å². The quantitative estimate of drug-likeness (QED) is 0.00445. The number of anilines is 4. The molecule has 0 unspecified atom stereocenters. The van der Waals surface area contributed by atoms with Gasteiger partial charge in [-0.2, -0.15) is 80.9 Å². The molecule has 39 nitrogen and oxygen atoms in total. The topological polar surface area (TPSA) is 602 Å². The number of nitro groups is 1. The Bertz CT molecular complexity index is 5930. The van der Waals surface area contributed by atoms with Crippen LogP contribution in [0, 0.1) is 42.2 Å². The van der Waals surface area contributed by atoms with Crippen LogP contribution in [0.2, 0.25) is 0 Å². The second-order valence-corrected chi connectivity index (χ2v) is 35.2. The average Bonchev–Trinajstić information content (AvgIpc) is 1.58. The molecule has 48 heteroatoms. The standard InChI is InChI=1S/C60H59N17O22S9/c1-34-25-47(72-75-55-36(3)40(33-61)56-63-41-13-4-5-14-50(41)76(56)57(55)78)51(99-17-7-21-103(81,82)83)30-43(34)69-74-49-29-45(64-59-65-58(62-37-11-6-12-39(27-37)107(93,94)95)66-60(67-59)102-20-10-24-106(90,91)92)46(32-53(49)101-19-9-23-105(87,88)89)71-73-48-26-35(2)44(31-52(48)100-18-8-22-104(84,85)86)70-68-42-16-15-38(77(79)80)28-54(42)108(96,97)98/h4-6,11-16,25-32,78H,7-10,17-24H2,1-3H3,(H,81,82,83)(H,84,85,86)(H,87,88,89)(H,90,91,92)(H,93,94,95)(H,96,97,98)(H2,62,64,65,66,67). The van der Waals surface area contributed by atoms with Crippen LogP contribution in [-0.2, 0) is 60.7 Å². The van der Waals surface area contributed by atoms with Gasteiger partial charge in [-0.25, -0.2) is 4.98 Å². The minimum absolute atomic E-state index is 0.00965. The molecule has 0 saturated carbocycles. The largest absolute Gasteiger partial charge is 0.493 e. The van der Waals surface area contributed by atoms with E-state index >= 15 is 0 Å². The van der Waals surface area contributed by atoms with Crippen LogP contribution in [0.5, 0.6) is 11.6 Å². The number of benzene rings is 6. The first-order valence-electron chi connectivity index (χ1n) is 30.8. The molecule has 0 radical (unpaired) electrons. The molecular formula is C60H59N17O22S9. The number of hydrogen-bond donors (Lipinski definition) is 9. The zero-order chi connectivity index (χ0) is 78.7. The average molecular weight is 1660 g/mol. The van der Waals surface area contributed by atoms with Gasteiger partial charge in [0.25, 0.3) is 66.4 Å². The predicted molar refractivity (Wildman–Crippen MR) is 397 cm³/mol. The van der Waals surface area contributed by atoms with Crippen LogP contribution in [0.3, 0.4) is 0 Å². The third-order valence-electron chi connectivity index (χ3n) is 14.6. The Hall–Kier alpha value is -9.72. The molecule has 0 bridgehead atoms. The summed E-state index contributed by atoms with van der Waals surface area (Å²) in [5, 5.41) is 74.6. The number of nitrogens with zero attached hydrogens (tertiary/aromatic N) is 15. The Morgan fingerprint density at radius 2 is 1.07 bits per heavy atom. The van der Waals surface area contributed by atoms with Crippen molar-refractivity contribution in [2.45, 2.75) is 71.2 Å². The number of ether oxygens (including phenoxy) is 1. The number of aromatic nitrogens is 5. The lowest BCUT2D eigenvalue weighted by atomic mass is 10.1. The first-order chi connectivity index (χ1) is 50.7. The van der Waals surface area contributed by atoms with Crippen molar-refractivity contribution >= 4 is 187 Å². The number of para-hydroxylation sites is 2. The highest BCUT2D eigenvalue weighted by Gasteiger charge is 2.25. The smallest absolute Gasteiger partial charge is 0.297 e. The van der Waals surface area contributed by atoms with Gasteiger partial charge in [-0.3, -0.25) is 41.8 Å². The number of hydrogen-bond acceptors (Lipinski definition) is 34. The van der Waals surface area contributed by atoms with E-state index in [0.29, 0.717) is 22.7 Å². The Morgan fingerprint density at radius 3 is 1.67 bits per heavy atom. The second-order valence-electron chi connectivity index (χ2n) is 22.7. The van der Waals surface area contributed by atoms with Gasteiger partial charge in [0, 0.05) is 45.0 Å². The Labute approximate surface area is 627 Å². The fourth-order valence-electron chi connectivity index (χ4n) is 9.61. The van der Waals surface area contributed by atoms with Crippen LogP contribution in [0.25, 0.3) is 16.7 Å². The highest BCUT2D eigenvalue weighted by atomic mass is 32.2. The van der Waals surface area contributed by atoms with Gasteiger partial charge in [-0.05, 0) is 136 Å². The summed E-state index contributed by atoms with van der Waals surface area (Å²) in [6.45, 7) is 4.27. The fourth-order valence-corrected chi connectivity index (χ4v) is 16.0. The maximum absolute atomic E-state index is 12.4. The fraction of sp³-hybridized carbons (Fsp3) is 0.250. The first-order valence-corrected chi connectivity index (χ1v) is 43.1. The second kappa shape index (κ2) is 34.7. The lowest BCUT2D eigenvalue weighted by Crippen LogP contribution is -2.08. The molecule has 0 aliphatic heterocycles. The summed E-state index contributed by atoms with van der Waals surface area (Å²) in [5.41, 5.74) is 0.319. The number of azo groups is 4. The number of nitrogens with one attached hydrogen (secondary N) is 2. The molecule has 9 rings (SSSR count). The number of nitro benzene ring substituents is 1. The van der Waals surface area contributed by atoms with Crippen molar-refractivity contribution in [3.05, 3.63) is 135 Å². The molecule has 0 aliphatic rings. The predicted octanol–water partition coefficient (Wildman–Crippen LogP) is 13.5. The molecule has 0 spiro atoms. The maximum Gasteiger partial charge on any atom is 0.297 e. The normalized spacial score (nSPS) is 12.7. The molecular weight excluding hydrogens is 1600 g/mol. The van der Waals surface area contributed by atoms with Gasteiger partial charge in [0.15, 0.2) is 16.5 Å². The van der Waals surface area contributed by atoms with Crippen molar-refractivity contribution in [3.8, 4) is 17.7 Å². The molecule has 0 saturated heterocycles. The lowest BCUT2D eigenvalue weighted by molar-refractivity contribution is -0.385. The van der Waals surface area contributed by atoms with Gasteiger partial charge in [-0.1, -0.05) is 30.0 Å². The number of pyridine rings is 1. The molecule has 9 N–H and O–H groups in total. The summed E-state index contributed by atoms with van der Waals surface area (Å²) in [5.74, 6) is -4.03. The van der Waals surface area contributed by atoms with E-state index in [1.807, 2.05) is 0 Å². The Kier molecular flexibility index (Phi) is 26.4. The lowest BCUT2D eigenvalue weighted by Gasteiger charge is -2.14. The van der Waals surface area contributed by atoms with Crippen LogP contribution in [0.4, 0.5) is 74.5 Å². The van der Waals surface area contributed by atoms with Crippen molar-refractivity contribution in [3.63, 3.8) is 0 Å². The Balaban J connectivity index is 1.22. The third kappa shape index (κ3) is 23.2. The first kappa shape index (κ1) is 82.3. The molecule has 0 atom stereocenters. The maximum atomic E-state index is 12.4. The van der Waals surface area contributed by atoms with E-state index in [9.17, 15) is 98.3 Å². The minimum Gasteiger partial charge on any atom is -0.493 e. The molecule has 108 heavy (non-hydrogen) atoms. The molecule has 9 aromatic rings. The van der Waals surface area contributed by atoms with Crippen LogP contribution in [0.15, 0.2) is 169 Å². The van der Waals surface area contributed by atoms with E-state index in [-0.39, 0.29) is 156 Å². The number of nitriles is 1. The Morgan fingerprint density at radius 1 is 0.546 bits per heavy atom. The van der Waals surface area contributed by atoms with E-state index in [0.717, 1.165) is 59.6 Å². The van der Waals surface area contributed by atoms with E-state index in [4.69, 9.17) is 4.74 Å². The van der Waals surface area contributed by atoms with Gasteiger partial charge in [0.1, 0.15) is 45.0 Å². The van der Waals surface area contributed by atoms with E-state index in [1.54, 1.807) is 31.2 Å². The summed E-state index contributed by atoms with van der Waals surface area (Å²) >= 11 is 2.83. The molecule has 3 heterocycles. The van der Waals surface area contributed by atoms with E-state index in [1.165, 1.54) is 66.8 Å². The van der Waals surface area contributed by atoms with Crippen molar-refractivity contribution in [1.29, 1.82) is 5.26 Å². The van der Waals surface area contributed by atoms with E-state index in [2.05, 4.69) is 77.6 Å².